The van der Waals surface area contributed by atoms with Crippen LogP contribution in [0.4, 0.5) is 0 Å². The minimum atomic E-state index is -3.68. The Balaban J connectivity index is 14.3. The molecule has 0 unspecified atom stereocenters. The van der Waals surface area contributed by atoms with Gasteiger partial charge in [0.2, 0.25) is 0 Å². The summed E-state index contributed by atoms with van der Waals surface area (Å²) in [5.74, 6) is 0. The van der Waals surface area contributed by atoms with Gasteiger partial charge < -0.3 is 0 Å². The Morgan fingerprint density at radius 2 is 0.177 bits per heavy atom. The summed E-state index contributed by atoms with van der Waals surface area (Å²) in [4.78, 5) is 0. The van der Waals surface area contributed by atoms with E-state index in [2.05, 4.69) is 0 Å². The van der Waals surface area contributed by atoms with Crippen LogP contribution in [-0.2, 0) is 0 Å². The van der Waals surface area contributed by atoms with Gasteiger partial charge in [0.25, 0.3) is 0 Å². The fourth-order valence-corrected chi connectivity index (χ4v) is 22.3. The van der Waals surface area contributed by atoms with Gasteiger partial charge in [-0.05, 0) is 0 Å². The van der Waals surface area contributed by atoms with Crippen molar-refractivity contribution in [2.24, 2.45) is 0 Å². The molecule has 0 heterocycles. The lowest BCUT2D eigenvalue weighted by molar-refractivity contribution is 3.20. The molecule has 96 heavy (non-hydrogen) atoms. The smallest absolute Gasteiger partial charge is 0.0527 e. The molecule has 96 heteroatoms. The molecular weight excluding hydrogens is 1060 g/mol. The maximum absolute atomic E-state index is 7.35. The molecule has 0 saturated carbocycles. The normalized spacial score (nSPS) is 9.93. The van der Waals surface area contributed by atoms with E-state index >= 15 is 0 Å². The summed E-state index contributed by atoms with van der Waals surface area (Å²) in [5, 5.41) is 0. The topological polar surface area (TPSA) is 0 Å². The molecule has 0 aliphatic carbocycles. The fourth-order valence-electron chi connectivity index (χ4n) is 16.3. The molecule has 0 fully saturated rings. The van der Waals surface area contributed by atoms with Crippen molar-refractivity contribution in [2.45, 2.75) is 0 Å². The second-order valence-electron chi connectivity index (χ2n) is 26.7. The van der Waals surface area contributed by atoms with Crippen LogP contribution in [0.15, 0.2) is 0 Å². The van der Waals surface area contributed by atoms with Crippen molar-refractivity contribution in [1.29, 1.82) is 0 Å². The summed E-state index contributed by atoms with van der Waals surface area (Å²) < 4.78 is 0. The molecule has 0 aromatic rings. The largest absolute Gasteiger partial charge is 0.253 e. The van der Waals surface area contributed by atoms with Crippen molar-refractivity contribution < 1.29 is 0 Å². The standard InChI is InChI=1S/B95P/c1-50(2)74(49)86(73(47)48)92(85(71(43)44)72(45)46)95(91(83(67(35)36)68(37)38)84(69(39)40)70(41)42)96(93(87(75(51(3)4)52(5)6)76(53(7)8)54(9)10)88(77(55(11)12)56(13)14)78(57(15)16)58(17)18)94(89(79(59(19)20)60(21)22)80(61(23)24)62(25)26)90(81(63(27)28)64(29)30)82(65(31)32)66(33)34. The first-order chi connectivity index (χ1) is 43.6. The molecule has 0 aliphatic heterocycles. The first kappa shape index (κ1) is 103. The SMILES string of the molecule is [B]B([B])B([B])B(B([B])[B])B(B(B([B])[B])B([B])[B])B(B(B(B([B])[B])B([B])[B])B(B([B])[B])B([B])[B])P(B(B(B(B([B])[B])B([B])[B])B(B([B])[B])B([B])[B])B(B(B([B])[B])B([B])[B])B(B([B])[B])B([B])[B])B(B(B(B([B])[B])B([B])[B])B(B([B])[B])B([B])[B])B(B(B([B])[B])B([B])[B])B(B([B])[B])B([B])[B]. The average molecular weight is 1060 g/mol. The summed E-state index contributed by atoms with van der Waals surface area (Å²) >= 11 is 0. The third-order valence-corrected chi connectivity index (χ3v) is 24.0. The molecule has 0 spiro atoms. The lowest BCUT2D eigenvalue weighted by atomic mass is 8.35. The molecule has 98 radical (unpaired) electrons. The molecule has 0 atom stereocenters. The van der Waals surface area contributed by atoms with Crippen molar-refractivity contribution in [3.63, 3.8) is 0 Å². The quantitative estimate of drug-likeness (QED) is 0.0421. The fraction of sp³-hybridized carbons (Fsp3) is 0. The van der Waals surface area contributed by atoms with Crippen LogP contribution in [0.2, 0.25) is 0 Å². The predicted molar refractivity (Wildman–Crippen MR) is 554 cm³/mol. The van der Waals surface area contributed by atoms with Crippen molar-refractivity contribution in [3.05, 3.63) is 0 Å². The second-order valence-corrected chi connectivity index (χ2v) is 29.4. The van der Waals surface area contributed by atoms with E-state index in [9.17, 15) is 0 Å². The lowest BCUT2D eigenvalue weighted by Crippen LogP contribution is -2.93. The zero-order valence-corrected chi connectivity index (χ0v) is 56.2. The van der Waals surface area contributed by atoms with E-state index < -0.39 is 301 Å². The van der Waals surface area contributed by atoms with Crippen molar-refractivity contribution >= 4 is 680 Å². The maximum Gasteiger partial charge on any atom is 0.0527 e. The summed E-state index contributed by atoms with van der Waals surface area (Å²) in [6, 6.07) is 0. The Hall–Kier alpha value is 6.60. The van der Waals surface area contributed by atoms with Crippen LogP contribution < -0.4 is 0 Å². The molecule has 0 amide bonds. The highest BCUT2D eigenvalue weighted by molar-refractivity contribution is 8.65. The number of rotatable bonds is 46. The van der Waals surface area contributed by atoms with Crippen LogP contribution in [0.3, 0.4) is 0 Å². The van der Waals surface area contributed by atoms with E-state index in [4.69, 9.17) is 379 Å². The van der Waals surface area contributed by atoms with Crippen LogP contribution in [0, 0.1) is 0 Å². The Bertz CT molecular complexity index is 1610. The summed E-state index contributed by atoms with van der Waals surface area (Å²) in [6.07, 6.45) is -84.6. The molecule has 0 aliphatic rings. The van der Waals surface area contributed by atoms with E-state index in [1.165, 1.54) is 0 Å². The van der Waals surface area contributed by atoms with Gasteiger partial charge in [0.1, 0.15) is 0 Å². The van der Waals surface area contributed by atoms with Crippen LogP contribution in [0.5, 0.6) is 0 Å². The molecule has 0 aromatic carbocycles. The van der Waals surface area contributed by atoms with Gasteiger partial charge >= 0.3 is 0 Å². The summed E-state index contributed by atoms with van der Waals surface area (Å²) in [6.45, 7) is 0. The van der Waals surface area contributed by atoms with E-state index in [0.717, 1.165) is 0 Å². The Morgan fingerprint density at radius 1 is 0.0938 bits per heavy atom. The highest BCUT2D eigenvalue weighted by Gasteiger charge is 2.67. The van der Waals surface area contributed by atoms with Crippen LogP contribution >= 0.6 is 7.56 Å². The van der Waals surface area contributed by atoms with Crippen LogP contribution in [0.25, 0.3) is 0 Å². The van der Waals surface area contributed by atoms with E-state index in [1.54, 1.807) is 0 Å². The van der Waals surface area contributed by atoms with Gasteiger partial charge in [0.15, 0.2) is 0 Å². The zero-order chi connectivity index (χ0) is 76.1. The molecule has 0 bridgehead atoms. The van der Waals surface area contributed by atoms with Gasteiger partial charge in [0, 0.05) is 654 Å². The molecular formula is B95P. The Morgan fingerprint density at radius 3 is 0.250 bits per heavy atom. The molecule has 0 saturated heterocycles. The Kier molecular flexibility index (Phi) is 50.4. The second kappa shape index (κ2) is 47.2. The molecule has 0 aromatic heterocycles. The first-order valence-corrected chi connectivity index (χ1v) is 33.0. The van der Waals surface area contributed by atoms with Gasteiger partial charge in [0.05, 0.1) is 18.6 Å². The zero-order valence-electron chi connectivity index (χ0n) is 55.3. The monoisotopic (exact) mass is 1080 g/mol. The van der Waals surface area contributed by atoms with Crippen molar-refractivity contribution in [3.8, 4) is 0 Å². The minimum Gasteiger partial charge on any atom is -0.253 e. The van der Waals surface area contributed by atoms with Gasteiger partial charge in [-0.15, -0.1) is 0 Å². The molecule has 0 nitrogen and oxygen atoms in total. The van der Waals surface area contributed by atoms with Crippen molar-refractivity contribution in [2.75, 3.05) is 0 Å². The van der Waals surface area contributed by atoms with Gasteiger partial charge in [-0.3, -0.25) is 7.56 Å². The molecule has 290 valence electrons. The molecule has 0 N–H and O–H groups in total. The summed E-state index contributed by atoms with van der Waals surface area (Å²) in [7, 11) is 343. The van der Waals surface area contributed by atoms with E-state index in [1.807, 2.05) is 0 Å². The minimum absolute atomic E-state index is 1.69. The summed E-state index contributed by atoms with van der Waals surface area (Å²) in [5.41, 5.74) is 0. The highest BCUT2D eigenvalue weighted by Crippen LogP contribution is 2.53. The van der Waals surface area contributed by atoms with Crippen LogP contribution in [0.1, 0.15) is 0 Å². The van der Waals surface area contributed by atoms with Gasteiger partial charge in [-0.1, -0.05) is 0 Å². The Labute approximate surface area is 672 Å². The maximum atomic E-state index is 7.35. The van der Waals surface area contributed by atoms with E-state index in [-0.39, 0.29) is 0 Å². The van der Waals surface area contributed by atoms with Gasteiger partial charge in [-0.2, -0.15) is 0 Å². The molecule has 0 rings (SSSR count). The highest BCUT2D eigenvalue weighted by atomic mass is 31.1. The number of hydrogen-bond donors (Lipinski definition) is 0. The van der Waals surface area contributed by atoms with Crippen molar-refractivity contribution in [1.82, 2.24) is 0 Å². The first-order valence-electron chi connectivity index (χ1n) is 31.4. The lowest BCUT2D eigenvalue weighted by Gasteiger charge is -2.64. The third kappa shape index (κ3) is 27.5. The average Bonchev–Trinajstić information content (AvgIpc) is 3.36. The predicted octanol–water partition coefficient (Wildman–Crippen LogP) is -35.3. The third-order valence-electron chi connectivity index (χ3n) is 19.8. The van der Waals surface area contributed by atoms with Gasteiger partial charge in [-0.25, -0.2) is 0 Å². The van der Waals surface area contributed by atoms with Crippen LogP contribution in [-0.4, -0.2) is 672 Å². The van der Waals surface area contributed by atoms with E-state index in [0.29, 0.717) is 0 Å². The number of hydrogen-bond acceptors (Lipinski definition) is 0.